The number of benzene rings is 1. The van der Waals surface area contributed by atoms with Crippen LogP contribution in [0.1, 0.15) is 24.5 Å². The second-order valence-corrected chi connectivity index (χ2v) is 4.83. The normalized spacial score (nSPS) is 18.1. The van der Waals surface area contributed by atoms with Crippen molar-refractivity contribution in [2.75, 3.05) is 13.2 Å². The van der Waals surface area contributed by atoms with E-state index in [1.165, 1.54) is 0 Å². The molecule has 4 nitrogen and oxygen atoms in total. The average molecular weight is 253 g/mol. The average Bonchev–Trinajstić information content (AvgIpc) is 2.49. The van der Waals surface area contributed by atoms with Crippen LogP contribution in [0.25, 0.3) is 10.9 Å². The van der Waals surface area contributed by atoms with Crippen LogP contribution in [0.2, 0.25) is 0 Å². The van der Waals surface area contributed by atoms with E-state index in [1.807, 2.05) is 24.3 Å². The predicted octanol–water partition coefficient (Wildman–Crippen LogP) is 2.66. The van der Waals surface area contributed by atoms with Gasteiger partial charge in [0.1, 0.15) is 6.33 Å². The summed E-state index contributed by atoms with van der Waals surface area (Å²) < 4.78 is 5.38. The molecule has 1 aliphatic rings. The zero-order valence-electron chi connectivity index (χ0n) is 10.6. The van der Waals surface area contributed by atoms with Crippen molar-refractivity contribution >= 4 is 10.9 Å². The van der Waals surface area contributed by atoms with Crippen molar-refractivity contribution in [3.8, 4) is 6.07 Å². The van der Waals surface area contributed by atoms with Gasteiger partial charge in [-0.3, -0.25) is 0 Å². The summed E-state index contributed by atoms with van der Waals surface area (Å²) in [6.07, 6.45) is 3.41. The number of ether oxygens (including phenoxy) is 1. The van der Waals surface area contributed by atoms with E-state index in [9.17, 15) is 5.26 Å². The van der Waals surface area contributed by atoms with E-state index in [4.69, 9.17) is 4.74 Å². The molecular formula is C15H15N3O. The molecule has 1 aromatic heterocycles. The summed E-state index contributed by atoms with van der Waals surface area (Å²) >= 11 is 0. The van der Waals surface area contributed by atoms with Crippen LogP contribution in [-0.4, -0.2) is 23.2 Å². The van der Waals surface area contributed by atoms with E-state index in [0.717, 1.165) is 42.7 Å². The van der Waals surface area contributed by atoms with E-state index < -0.39 is 0 Å². The van der Waals surface area contributed by atoms with Crippen molar-refractivity contribution in [1.29, 1.82) is 5.26 Å². The summed E-state index contributed by atoms with van der Waals surface area (Å²) in [6.45, 7) is 1.48. The maximum absolute atomic E-state index is 9.54. The number of rotatable bonds is 2. The number of nitriles is 1. The Kier molecular flexibility index (Phi) is 3.39. The van der Waals surface area contributed by atoms with E-state index in [2.05, 4.69) is 16.0 Å². The summed E-state index contributed by atoms with van der Waals surface area (Å²) in [7, 11) is 0. The van der Waals surface area contributed by atoms with Crippen molar-refractivity contribution in [3.63, 3.8) is 0 Å². The second kappa shape index (κ2) is 5.33. The fourth-order valence-corrected chi connectivity index (χ4v) is 2.71. The van der Waals surface area contributed by atoms with Gasteiger partial charge in [-0.2, -0.15) is 5.26 Å². The van der Waals surface area contributed by atoms with Crippen LogP contribution >= 0.6 is 0 Å². The molecule has 96 valence electrons. The molecule has 1 unspecified atom stereocenters. The number of fused-ring (bicyclic) bond motifs is 1. The molecule has 2 heterocycles. The summed E-state index contributed by atoms with van der Waals surface area (Å²) in [5.41, 5.74) is 1.76. The van der Waals surface area contributed by atoms with Gasteiger partial charge in [0.15, 0.2) is 0 Å². The van der Waals surface area contributed by atoms with Gasteiger partial charge in [-0.15, -0.1) is 0 Å². The molecule has 1 fully saturated rings. The van der Waals surface area contributed by atoms with Crippen LogP contribution in [-0.2, 0) is 4.74 Å². The first-order chi connectivity index (χ1) is 9.40. The maximum Gasteiger partial charge on any atom is 0.116 e. The Morgan fingerprint density at radius 2 is 2.00 bits per heavy atom. The molecule has 2 aromatic rings. The fourth-order valence-electron chi connectivity index (χ4n) is 2.71. The lowest BCUT2D eigenvalue weighted by molar-refractivity contribution is 0.0627. The highest BCUT2D eigenvalue weighted by Gasteiger charge is 2.27. The fraction of sp³-hybridized carbons (Fsp3) is 0.400. The van der Waals surface area contributed by atoms with Gasteiger partial charge in [0.2, 0.25) is 0 Å². The van der Waals surface area contributed by atoms with E-state index in [1.54, 1.807) is 6.33 Å². The zero-order chi connectivity index (χ0) is 13.1. The molecule has 0 saturated carbocycles. The molecule has 3 rings (SSSR count). The predicted molar refractivity (Wildman–Crippen MR) is 71.4 cm³/mol. The third-order valence-electron chi connectivity index (χ3n) is 3.74. The quantitative estimate of drug-likeness (QED) is 0.825. The van der Waals surface area contributed by atoms with Gasteiger partial charge < -0.3 is 4.74 Å². The molecule has 0 amide bonds. The lowest BCUT2D eigenvalue weighted by Crippen LogP contribution is -2.22. The molecule has 1 atom stereocenters. The van der Waals surface area contributed by atoms with Crippen LogP contribution in [0.5, 0.6) is 0 Å². The van der Waals surface area contributed by atoms with Gasteiger partial charge in [-0.05, 0) is 24.8 Å². The molecule has 0 spiro atoms. The number of nitrogens with zero attached hydrogens (tertiary/aromatic N) is 3. The maximum atomic E-state index is 9.54. The van der Waals surface area contributed by atoms with Crippen molar-refractivity contribution in [2.24, 2.45) is 5.92 Å². The minimum Gasteiger partial charge on any atom is -0.381 e. The monoisotopic (exact) mass is 253 g/mol. The molecule has 1 aliphatic heterocycles. The SMILES string of the molecule is N#CC(c1ncnc2ccccc12)C1CCOCC1. The molecule has 0 N–H and O–H groups in total. The van der Waals surface area contributed by atoms with Gasteiger partial charge in [-0.1, -0.05) is 18.2 Å². The van der Waals surface area contributed by atoms with Crippen LogP contribution in [0.4, 0.5) is 0 Å². The molecular weight excluding hydrogens is 238 g/mol. The summed E-state index contributed by atoms with van der Waals surface area (Å²) in [4.78, 5) is 8.64. The molecule has 1 aromatic carbocycles. The first kappa shape index (κ1) is 12.1. The Bertz CT molecular complexity index is 609. The van der Waals surface area contributed by atoms with Gasteiger partial charge in [-0.25, -0.2) is 9.97 Å². The van der Waals surface area contributed by atoms with Crippen molar-refractivity contribution in [1.82, 2.24) is 9.97 Å². The van der Waals surface area contributed by atoms with Crippen molar-refractivity contribution < 1.29 is 4.74 Å². The Labute approximate surface area is 112 Å². The highest BCUT2D eigenvalue weighted by Crippen LogP contribution is 2.33. The van der Waals surface area contributed by atoms with Gasteiger partial charge in [0, 0.05) is 18.6 Å². The third-order valence-corrected chi connectivity index (χ3v) is 3.74. The zero-order valence-corrected chi connectivity index (χ0v) is 10.6. The first-order valence-corrected chi connectivity index (χ1v) is 6.57. The van der Waals surface area contributed by atoms with Crippen LogP contribution < -0.4 is 0 Å². The smallest absolute Gasteiger partial charge is 0.116 e. The second-order valence-electron chi connectivity index (χ2n) is 4.83. The molecule has 19 heavy (non-hydrogen) atoms. The van der Waals surface area contributed by atoms with E-state index in [-0.39, 0.29) is 5.92 Å². The molecule has 0 bridgehead atoms. The minimum atomic E-state index is -0.170. The van der Waals surface area contributed by atoms with E-state index >= 15 is 0 Å². The lowest BCUT2D eigenvalue weighted by atomic mass is 9.83. The largest absolute Gasteiger partial charge is 0.381 e. The van der Waals surface area contributed by atoms with E-state index in [0.29, 0.717) is 5.92 Å². The Morgan fingerprint density at radius 3 is 2.79 bits per heavy atom. The summed E-state index contributed by atoms with van der Waals surface area (Å²) in [5.74, 6) is 0.161. The number of hydrogen-bond donors (Lipinski definition) is 0. The standard InChI is InChI=1S/C15H15N3O/c16-9-13(11-5-7-19-8-6-11)15-12-3-1-2-4-14(12)17-10-18-15/h1-4,10-11,13H,5-8H2. The Hall–Kier alpha value is -1.99. The minimum absolute atomic E-state index is 0.170. The van der Waals surface area contributed by atoms with Crippen molar-refractivity contribution in [2.45, 2.75) is 18.8 Å². The molecule has 4 heteroatoms. The first-order valence-electron chi connectivity index (χ1n) is 6.57. The van der Waals surface area contributed by atoms with Gasteiger partial charge in [0.25, 0.3) is 0 Å². The molecule has 0 radical (unpaired) electrons. The Morgan fingerprint density at radius 1 is 1.21 bits per heavy atom. The number of para-hydroxylation sites is 1. The van der Waals surface area contributed by atoms with Crippen molar-refractivity contribution in [3.05, 3.63) is 36.3 Å². The summed E-state index contributed by atoms with van der Waals surface area (Å²) in [5, 5.41) is 10.5. The topological polar surface area (TPSA) is 58.8 Å². The third kappa shape index (κ3) is 2.29. The highest BCUT2D eigenvalue weighted by molar-refractivity contribution is 5.81. The lowest BCUT2D eigenvalue weighted by Gasteiger charge is -2.26. The Balaban J connectivity index is 2.04. The molecule has 1 saturated heterocycles. The highest BCUT2D eigenvalue weighted by atomic mass is 16.5. The van der Waals surface area contributed by atoms with Gasteiger partial charge in [0.05, 0.1) is 23.2 Å². The number of hydrogen-bond acceptors (Lipinski definition) is 4. The van der Waals surface area contributed by atoms with Crippen LogP contribution in [0.15, 0.2) is 30.6 Å². The van der Waals surface area contributed by atoms with Crippen LogP contribution in [0, 0.1) is 17.2 Å². The molecule has 0 aliphatic carbocycles. The van der Waals surface area contributed by atoms with Gasteiger partial charge >= 0.3 is 0 Å². The summed E-state index contributed by atoms with van der Waals surface area (Å²) in [6, 6.07) is 10.3. The van der Waals surface area contributed by atoms with Crippen LogP contribution in [0.3, 0.4) is 0 Å². The number of aromatic nitrogens is 2.